The molecule has 3 rings (SSSR count). The zero-order chi connectivity index (χ0) is 10.3. The lowest BCUT2D eigenvalue weighted by Crippen LogP contribution is -2.42. The molecule has 0 spiro atoms. The summed E-state index contributed by atoms with van der Waals surface area (Å²) in [6.07, 6.45) is 5.42. The van der Waals surface area contributed by atoms with Gasteiger partial charge in [-0.05, 0) is 42.5 Å². The number of hydrogen-bond acceptors (Lipinski definition) is 2. The SMILES string of the molecule is Nc1ccc2c(c1)CCN(C1CCC1)C2. The van der Waals surface area contributed by atoms with Crippen LogP contribution in [0.25, 0.3) is 0 Å². The smallest absolute Gasteiger partial charge is 0.0316 e. The summed E-state index contributed by atoms with van der Waals surface area (Å²) >= 11 is 0. The second kappa shape index (κ2) is 3.53. The lowest BCUT2D eigenvalue weighted by molar-refractivity contribution is 0.113. The van der Waals surface area contributed by atoms with E-state index in [1.807, 2.05) is 6.07 Å². The molecule has 0 bridgehead atoms. The predicted octanol–water partition coefficient (Wildman–Crippen LogP) is 2.18. The van der Waals surface area contributed by atoms with Crippen LogP contribution in [-0.2, 0) is 13.0 Å². The van der Waals surface area contributed by atoms with Crippen LogP contribution >= 0.6 is 0 Å². The molecule has 0 aromatic heterocycles. The molecule has 1 heterocycles. The van der Waals surface area contributed by atoms with Gasteiger partial charge in [0.05, 0.1) is 0 Å². The van der Waals surface area contributed by atoms with E-state index >= 15 is 0 Å². The zero-order valence-electron chi connectivity index (χ0n) is 9.08. The highest BCUT2D eigenvalue weighted by atomic mass is 15.2. The fourth-order valence-corrected chi connectivity index (χ4v) is 2.66. The van der Waals surface area contributed by atoms with Crippen molar-refractivity contribution in [3.8, 4) is 0 Å². The van der Waals surface area contributed by atoms with Crippen LogP contribution in [0.15, 0.2) is 18.2 Å². The van der Waals surface area contributed by atoms with Gasteiger partial charge in [0.2, 0.25) is 0 Å². The number of fused-ring (bicyclic) bond motifs is 1. The van der Waals surface area contributed by atoms with Gasteiger partial charge < -0.3 is 5.73 Å². The van der Waals surface area contributed by atoms with E-state index in [0.717, 1.165) is 18.3 Å². The van der Waals surface area contributed by atoms with Crippen LogP contribution in [-0.4, -0.2) is 17.5 Å². The van der Waals surface area contributed by atoms with Crippen molar-refractivity contribution in [3.05, 3.63) is 29.3 Å². The highest BCUT2D eigenvalue weighted by Crippen LogP contribution is 2.30. The van der Waals surface area contributed by atoms with Gasteiger partial charge in [-0.3, -0.25) is 4.90 Å². The van der Waals surface area contributed by atoms with Crippen LogP contribution in [0.5, 0.6) is 0 Å². The van der Waals surface area contributed by atoms with Gasteiger partial charge in [0.1, 0.15) is 0 Å². The Morgan fingerprint density at radius 2 is 2.07 bits per heavy atom. The molecule has 0 amide bonds. The third kappa shape index (κ3) is 1.63. The number of rotatable bonds is 1. The van der Waals surface area contributed by atoms with E-state index in [9.17, 15) is 0 Å². The molecule has 15 heavy (non-hydrogen) atoms. The molecule has 2 nitrogen and oxygen atoms in total. The first-order chi connectivity index (χ1) is 7.33. The average molecular weight is 202 g/mol. The minimum absolute atomic E-state index is 0.871. The summed E-state index contributed by atoms with van der Waals surface area (Å²) in [5, 5.41) is 0. The maximum absolute atomic E-state index is 5.80. The molecule has 1 fully saturated rings. The number of hydrogen-bond donors (Lipinski definition) is 1. The van der Waals surface area contributed by atoms with E-state index in [1.165, 1.54) is 43.4 Å². The predicted molar refractivity (Wildman–Crippen MR) is 62.6 cm³/mol. The highest BCUT2D eigenvalue weighted by Gasteiger charge is 2.27. The van der Waals surface area contributed by atoms with Crippen LogP contribution in [0.1, 0.15) is 30.4 Å². The molecule has 2 aliphatic rings. The van der Waals surface area contributed by atoms with Gasteiger partial charge >= 0.3 is 0 Å². The van der Waals surface area contributed by atoms with Crippen molar-refractivity contribution in [1.29, 1.82) is 0 Å². The molecule has 1 saturated carbocycles. The maximum atomic E-state index is 5.80. The third-order valence-electron chi connectivity index (χ3n) is 3.86. The van der Waals surface area contributed by atoms with Gasteiger partial charge in [-0.1, -0.05) is 12.5 Å². The van der Waals surface area contributed by atoms with E-state index < -0.39 is 0 Å². The Labute approximate surface area is 91.1 Å². The molecule has 2 N–H and O–H groups in total. The van der Waals surface area contributed by atoms with E-state index in [0.29, 0.717) is 0 Å². The van der Waals surface area contributed by atoms with Gasteiger partial charge in [0.25, 0.3) is 0 Å². The molecule has 1 aliphatic carbocycles. The van der Waals surface area contributed by atoms with Gasteiger partial charge in [-0.25, -0.2) is 0 Å². The van der Waals surface area contributed by atoms with Crippen molar-refractivity contribution in [2.75, 3.05) is 12.3 Å². The minimum Gasteiger partial charge on any atom is -0.399 e. The topological polar surface area (TPSA) is 29.3 Å². The van der Waals surface area contributed by atoms with Gasteiger partial charge in [0.15, 0.2) is 0 Å². The lowest BCUT2D eigenvalue weighted by Gasteiger charge is -2.40. The standard InChI is InChI=1S/C13H18N2/c14-12-5-4-11-9-15(13-2-1-3-13)7-6-10(11)8-12/h4-5,8,13H,1-3,6-7,9,14H2. The van der Waals surface area contributed by atoms with E-state index in [1.54, 1.807) is 0 Å². The van der Waals surface area contributed by atoms with Crippen LogP contribution in [0.2, 0.25) is 0 Å². The van der Waals surface area contributed by atoms with E-state index in [4.69, 9.17) is 5.73 Å². The molecule has 80 valence electrons. The Balaban J connectivity index is 1.80. The Hall–Kier alpha value is -1.02. The molecular formula is C13H18N2. The molecule has 0 saturated heterocycles. The fourth-order valence-electron chi connectivity index (χ4n) is 2.66. The van der Waals surface area contributed by atoms with Crippen molar-refractivity contribution in [2.24, 2.45) is 0 Å². The second-order valence-electron chi connectivity index (χ2n) is 4.83. The number of benzene rings is 1. The second-order valence-corrected chi connectivity index (χ2v) is 4.83. The first-order valence-electron chi connectivity index (χ1n) is 5.94. The van der Waals surface area contributed by atoms with Crippen LogP contribution in [0.3, 0.4) is 0 Å². The Kier molecular flexibility index (Phi) is 2.17. The number of nitrogens with two attached hydrogens (primary N) is 1. The normalized spacial score (nSPS) is 22.1. The van der Waals surface area contributed by atoms with Crippen LogP contribution in [0, 0.1) is 0 Å². The summed E-state index contributed by atoms with van der Waals surface area (Å²) < 4.78 is 0. The first-order valence-corrected chi connectivity index (χ1v) is 5.94. The Morgan fingerprint density at radius 3 is 2.80 bits per heavy atom. The summed E-state index contributed by atoms with van der Waals surface area (Å²) in [4.78, 5) is 2.64. The number of nitrogens with zero attached hydrogens (tertiary/aromatic N) is 1. The van der Waals surface area contributed by atoms with Crippen molar-refractivity contribution in [3.63, 3.8) is 0 Å². The first kappa shape index (κ1) is 9.22. The molecular weight excluding hydrogens is 184 g/mol. The van der Waals surface area contributed by atoms with Gasteiger partial charge in [-0.2, -0.15) is 0 Å². The summed E-state index contributed by atoms with van der Waals surface area (Å²) in [6.45, 7) is 2.36. The van der Waals surface area contributed by atoms with Gasteiger partial charge in [0, 0.05) is 24.8 Å². The quantitative estimate of drug-likeness (QED) is 0.707. The highest BCUT2D eigenvalue weighted by molar-refractivity contribution is 5.45. The average Bonchev–Trinajstić information content (AvgIpc) is 2.15. The number of anilines is 1. The lowest BCUT2D eigenvalue weighted by atomic mass is 9.88. The molecule has 0 atom stereocenters. The molecule has 0 radical (unpaired) electrons. The van der Waals surface area contributed by atoms with E-state index in [2.05, 4.69) is 17.0 Å². The summed E-state index contributed by atoms with van der Waals surface area (Å²) in [5.74, 6) is 0. The largest absolute Gasteiger partial charge is 0.399 e. The fraction of sp³-hybridized carbons (Fsp3) is 0.538. The molecule has 1 aliphatic heterocycles. The Morgan fingerprint density at radius 1 is 1.20 bits per heavy atom. The van der Waals surface area contributed by atoms with Crippen molar-refractivity contribution in [1.82, 2.24) is 4.90 Å². The molecule has 2 heteroatoms. The Bertz CT molecular complexity index is 369. The monoisotopic (exact) mass is 202 g/mol. The number of nitrogen functional groups attached to an aromatic ring is 1. The minimum atomic E-state index is 0.871. The summed E-state index contributed by atoms with van der Waals surface area (Å²) in [6, 6.07) is 7.25. The summed E-state index contributed by atoms with van der Waals surface area (Å²) in [5.41, 5.74) is 9.66. The van der Waals surface area contributed by atoms with Crippen LogP contribution in [0.4, 0.5) is 5.69 Å². The van der Waals surface area contributed by atoms with Crippen molar-refractivity contribution < 1.29 is 0 Å². The molecule has 1 aromatic rings. The summed E-state index contributed by atoms with van der Waals surface area (Å²) in [7, 11) is 0. The molecule has 1 aromatic carbocycles. The third-order valence-corrected chi connectivity index (χ3v) is 3.86. The van der Waals surface area contributed by atoms with Crippen molar-refractivity contribution in [2.45, 2.75) is 38.3 Å². The van der Waals surface area contributed by atoms with Gasteiger partial charge in [-0.15, -0.1) is 0 Å². The zero-order valence-corrected chi connectivity index (χ0v) is 9.08. The molecule has 0 unspecified atom stereocenters. The van der Waals surface area contributed by atoms with E-state index in [-0.39, 0.29) is 0 Å². The van der Waals surface area contributed by atoms with Crippen molar-refractivity contribution >= 4 is 5.69 Å². The van der Waals surface area contributed by atoms with Crippen LogP contribution < -0.4 is 5.73 Å². The maximum Gasteiger partial charge on any atom is 0.0316 e.